The molecule has 3 N–H and O–H groups in total. The number of para-hydroxylation sites is 2. The molecule has 78 valence electrons. The van der Waals surface area contributed by atoms with E-state index in [0.29, 0.717) is 5.69 Å². The van der Waals surface area contributed by atoms with E-state index in [0.717, 1.165) is 5.69 Å². The predicted octanol–water partition coefficient (Wildman–Crippen LogP) is 2.55. The van der Waals surface area contributed by atoms with Gasteiger partial charge in [-0.3, -0.25) is 10.4 Å². The summed E-state index contributed by atoms with van der Waals surface area (Å²) in [5.74, 6) is 0. The quantitative estimate of drug-likeness (QED) is 0.596. The molecule has 1 aromatic carbocycles. The Morgan fingerprint density at radius 1 is 1.20 bits per heavy atom. The molecular weight excluding hydrogens is 210 g/mol. The summed E-state index contributed by atoms with van der Waals surface area (Å²) in [7, 11) is 0. The second kappa shape index (κ2) is 4.28. The molecule has 1 aliphatic rings. The summed E-state index contributed by atoms with van der Waals surface area (Å²) in [6.45, 7) is 0. The summed E-state index contributed by atoms with van der Waals surface area (Å²) in [6.07, 6.45) is 7.50. The first-order valence-electron chi connectivity index (χ1n) is 4.66. The molecule has 1 heterocycles. The van der Waals surface area contributed by atoms with Crippen molar-refractivity contribution in [2.75, 3.05) is 11.2 Å². The van der Waals surface area contributed by atoms with Crippen molar-refractivity contribution in [2.45, 2.75) is 5.38 Å². The van der Waals surface area contributed by atoms with Crippen LogP contribution < -0.4 is 11.2 Å². The second-order valence-electron chi connectivity index (χ2n) is 3.23. The molecule has 4 heteroatoms. The number of nitrogens with two attached hydrogens (primary N) is 1. The van der Waals surface area contributed by atoms with Gasteiger partial charge in [-0.2, -0.15) is 0 Å². The average molecular weight is 222 g/mol. The highest BCUT2D eigenvalue weighted by molar-refractivity contribution is 6.23. The summed E-state index contributed by atoms with van der Waals surface area (Å²) in [6, 6.07) is 7.60. The average Bonchev–Trinajstić information content (AvgIpc) is 2.25. The first-order chi connectivity index (χ1) is 7.25. The first kappa shape index (κ1) is 9.93. The topological polar surface area (TPSA) is 41.3 Å². The SMILES string of the molecule is Nc1ccccc1NN1C=CC(Cl)C=C1. The minimum atomic E-state index is -0.0313. The van der Waals surface area contributed by atoms with Gasteiger partial charge in [0.15, 0.2) is 0 Å². The van der Waals surface area contributed by atoms with Crippen molar-refractivity contribution in [3.8, 4) is 0 Å². The monoisotopic (exact) mass is 221 g/mol. The number of alkyl halides is 1. The molecule has 0 fully saturated rings. The molecule has 15 heavy (non-hydrogen) atoms. The molecule has 3 nitrogen and oxygen atoms in total. The Morgan fingerprint density at radius 3 is 2.53 bits per heavy atom. The fraction of sp³-hybridized carbons (Fsp3) is 0.0909. The number of nitrogens with zero attached hydrogens (tertiary/aromatic N) is 1. The molecule has 0 spiro atoms. The zero-order valence-electron chi connectivity index (χ0n) is 8.10. The van der Waals surface area contributed by atoms with Gasteiger partial charge in [-0.05, 0) is 24.3 Å². The lowest BCUT2D eigenvalue weighted by atomic mass is 10.3. The smallest absolute Gasteiger partial charge is 0.0775 e. The van der Waals surface area contributed by atoms with Gasteiger partial charge in [-0.1, -0.05) is 12.1 Å². The van der Waals surface area contributed by atoms with Crippen LogP contribution in [0.3, 0.4) is 0 Å². The molecule has 1 aliphatic heterocycles. The van der Waals surface area contributed by atoms with E-state index in [1.807, 2.05) is 53.8 Å². The maximum Gasteiger partial charge on any atom is 0.0775 e. The molecule has 0 radical (unpaired) electrons. The van der Waals surface area contributed by atoms with Crippen LogP contribution >= 0.6 is 11.6 Å². The van der Waals surface area contributed by atoms with Crippen LogP contribution in [-0.4, -0.2) is 10.4 Å². The van der Waals surface area contributed by atoms with E-state index in [1.165, 1.54) is 0 Å². The van der Waals surface area contributed by atoms with E-state index >= 15 is 0 Å². The lowest BCUT2D eigenvalue weighted by molar-refractivity contribution is 0.600. The van der Waals surface area contributed by atoms with Crippen molar-refractivity contribution in [1.29, 1.82) is 0 Å². The Balaban J connectivity index is 2.07. The Labute approximate surface area is 93.8 Å². The van der Waals surface area contributed by atoms with Crippen molar-refractivity contribution < 1.29 is 0 Å². The number of nitrogen functional groups attached to an aromatic ring is 1. The van der Waals surface area contributed by atoms with Gasteiger partial charge < -0.3 is 5.73 Å². The molecule has 0 amide bonds. The van der Waals surface area contributed by atoms with Gasteiger partial charge in [-0.25, -0.2) is 0 Å². The molecule has 0 saturated heterocycles. The molecular formula is C11H12ClN3. The third-order valence-corrected chi connectivity index (χ3v) is 2.36. The lowest BCUT2D eigenvalue weighted by Gasteiger charge is -2.22. The zero-order valence-corrected chi connectivity index (χ0v) is 8.85. The third kappa shape index (κ3) is 2.44. The van der Waals surface area contributed by atoms with Gasteiger partial charge in [0.25, 0.3) is 0 Å². The molecule has 0 aliphatic carbocycles. The van der Waals surface area contributed by atoms with Crippen molar-refractivity contribution in [1.82, 2.24) is 5.01 Å². The molecule has 0 aromatic heterocycles. The maximum absolute atomic E-state index is 5.86. The van der Waals surface area contributed by atoms with Crippen LogP contribution in [0, 0.1) is 0 Å². The molecule has 0 atom stereocenters. The van der Waals surface area contributed by atoms with Crippen molar-refractivity contribution in [2.24, 2.45) is 0 Å². The first-order valence-corrected chi connectivity index (χ1v) is 5.09. The number of halogens is 1. The van der Waals surface area contributed by atoms with E-state index in [-0.39, 0.29) is 5.38 Å². The molecule has 1 aromatic rings. The molecule has 2 rings (SSSR count). The van der Waals surface area contributed by atoms with Crippen molar-refractivity contribution in [3.63, 3.8) is 0 Å². The van der Waals surface area contributed by atoms with Crippen LogP contribution in [-0.2, 0) is 0 Å². The second-order valence-corrected chi connectivity index (χ2v) is 3.74. The van der Waals surface area contributed by atoms with Crippen LogP contribution in [0.25, 0.3) is 0 Å². The minimum Gasteiger partial charge on any atom is -0.397 e. The predicted molar refractivity (Wildman–Crippen MR) is 64.2 cm³/mol. The molecule has 0 unspecified atom stereocenters. The Kier molecular flexibility index (Phi) is 2.83. The minimum absolute atomic E-state index is 0.0313. The molecule has 0 bridgehead atoms. The van der Waals surface area contributed by atoms with E-state index in [2.05, 4.69) is 5.43 Å². The van der Waals surface area contributed by atoms with Gasteiger partial charge in [0.1, 0.15) is 0 Å². The van der Waals surface area contributed by atoms with Crippen LogP contribution in [0.4, 0.5) is 11.4 Å². The van der Waals surface area contributed by atoms with Crippen LogP contribution in [0.2, 0.25) is 0 Å². The number of rotatable bonds is 2. The highest BCUT2D eigenvalue weighted by atomic mass is 35.5. The number of anilines is 2. The van der Waals surface area contributed by atoms with E-state index in [1.54, 1.807) is 0 Å². The third-order valence-electron chi connectivity index (χ3n) is 2.07. The fourth-order valence-electron chi connectivity index (χ4n) is 1.28. The van der Waals surface area contributed by atoms with Crippen molar-refractivity contribution in [3.05, 3.63) is 48.8 Å². The Bertz CT molecular complexity index is 387. The van der Waals surface area contributed by atoms with Crippen LogP contribution in [0.15, 0.2) is 48.8 Å². The maximum atomic E-state index is 5.86. The number of allylic oxidation sites excluding steroid dienone is 2. The number of hydrogen-bond donors (Lipinski definition) is 2. The summed E-state index contributed by atoms with van der Waals surface area (Å²) in [5, 5.41) is 1.78. The van der Waals surface area contributed by atoms with Gasteiger partial charge in [0, 0.05) is 12.4 Å². The summed E-state index contributed by atoms with van der Waals surface area (Å²) in [5.41, 5.74) is 10.5. The Morgan fingerprint density at radius 2 is 1.87 bits per heavy atom. The van der Waals surface area contributed by atoms with Gasteiger partial charge in [0.2, 0.25) is 0 Å². The van der Waals surface area contributed by atoms with E-state index in [4.69, 9.17) is 17.3 Å². The number of hydrazine groups is 1. The van der Waals surface area contributed by atoms with E-state index < -0.39 is 0 Å². The van der Waals surface area contributed by atoms with Gasteiger partial charge in [-0.15, -0.1) is 11.6 Å². The number of nitrogens with one attached hydrogen (secondary N) is 1. The fourth-order valence-corrected chi connectivity index (χ4v) is 1.41. The summed E-state index contributed by atoms with van der Waals surface area (Å²) in [4.78, 5) is 0. The van der Waals surface area contributed by atoms with Crippen molar-refractivity contribution >= 4 is 23.0 Å². The lowest BCUT2D eigenvalue weighted by Crippen LogP contribution is -2.21. The summed E-state index contributed by atoms with van der Waals surface area (Å²) >= 11 is 5.86. The van der Waals surface area contributed by atoms with Crippen LogP contribution in [0.1, 0.15) is 0 Å². The van der Waals surface area contributed by atoms with Crippen LogP contribution in [0.5, 0.6) is 0 Å². The number of hydrogen-bond acceptors (Lipinski definition) is 3. The summed E-state index contributed by atoms with van der Waals surface area (Å²) < 4.78 is 0. The normalized spacial score (nSPS) is 15.7. The van der Waals surface area contributed by atoms with Gasteiger partial charge in [0.05, 0.1) is 16.8 Å². The highest BCUT2D eigenvalue weighted by Crippen LogP contribution is 2.19. The standard InChI is InChI=1S/C11H12ClN3/c12-9-5-7-15(8-6-9)14-11-4-2-1-3-10(11)13/h1-9,14H,13H2. The Hall–Kier alpha value is -1.61. The molecule has 0 saturated carbocycles. The largest absolute Gasteiger partial charge is 0.397 e. The number of benzene rings is 1. The zero-order chi connectivity index (χ0) is 10.7. The van der Waals surface area contributed by atoms with Gasteiger partial charge >= 0.3 is 0 Å². The van der Waals surface area contributed by atoms with E-state index in [9.17, 15) is 0 Å². The highest BCUT2D eigenvalue weighted by Gasteiger charge is 2.04.